The van der Waals surface area contributed by atoms with Crippen molar-refractivity contribution in [1.82, 2.24) is 4.90 Å². The van der Waals surface area contributed by atoms with Crippen LogP contribution in [0.3, 0.4) is 0 Å². The van der Waals surface area contributed by atoms with Gasteiger partial charge in [0.2, 0.25) is 0 Å². The summed E-state index contributed by atoms with van der Waals surface area (Å²) in [5, 5.41) is 10.1. The summed E-state index contributed by atoms with van der Waals surface area (Å²) in [7, 11) is 0. The molecule has 18 heavy (non-hydrogen) atoms. The largest absolute Gasteiger partial charge is 0.399 e. The highest BCUT2D eigenvalue weighted by atomic mass is 35.5. The van der Waals surface area contributed by atoms with Crippen LogP contribution in [0.5, 0.6) is 0 Å². The number of amides is 1. The Morgan fingerprint density at radius 1 is 1.50 bits per heavy atom. The molecule has 0 spiro atoms. The van der Waals surface area contributed by atoms with Crippen LogP contribution in [0.2, 0.25) is 5.02 Å². The molecule has 0 aliphatic heterocycles. The SMILES string of the molecule is CCN(CC(C)(C)O)C(=O)c1ccc(N)cc1Cl. The molecule has 0 saturated heterocycles. The average Bonchev–Trinajstić information content (AvgIpc) is 2.24. The lowest BCUT2D eigenvalue weighted by Gasteiger charge is -2.28. The summed E-state index contributed by atoms with van der Waals surface area (Å²) >= 11 is 6.01. The standard InChI is InChI=1S/C13H19ClN2O2/c1-4-16(8-13(2,3)18)12(17)10-6-5-9(15)7-11(10)14/h5-7,18H,4,8,15H2,1-3H3. The van der Waals surface area contributed by atoms with Gasteiger partial charge in [0.15, 0.2) is 0 Å². The third kappa shape index (κ3) is 3.89. The summed E-state index contributed by atoms with van der Waals surface area (Å²) in [4.78, 5) is 13.8. The fourth-order valence-corrected chi connectivity index (χ4v) is 1.94. The molecule has 1 aromatic carbocycles. The molecule has 0 fully saturated rings. The van der Waals surface area contributed by atoms with E-state index in [1.807, 2.05) is 6.92 Å². The van der Waals surface area contributed by atoms with E-state index in [1.54, 1.807) is 36.9 Å². The number of anilines is 1. The lowest BCUT2D eigenvalue weighted by Crippen LogP contribution is -2.42. The first-order valence-corrected chi connectivity index (χ1v) is 6.19. The molecule has 0 aromatic heterocycles. The molecule has 0 aliphatic rings. The van der Waals surface area contributed by atoms with E-state index >= 15 is 0 Å². The van der Waals surface area contributed by atoms with Gasteiger partial charge in [-0.1, -0.05) is 11.6 Å². The summed E-state index contributed by atoms with van der Waals surface area (Å²) < 4.78 is 0. The first kappa shape index (κ1) is 14.8. The van der Waals surface area contributed by atoms with Gasteiger partial charge in [-0.15, -0.1) is 0 Å². The maximum Gasteiger partial charge on any atom is 0.255 e. The van der Waals surface area contributed by atoms with Crippen LogP contribution in [0.4, 0.5) is 5.69 Å². The zero-order valence-corrected chi connectivity index (χ0v) is 11.7. The Bertz CT molecular complexity index is 441. The van der Waals surface area contributed by atoms with E-state index in [0.717, 1.165) is 0 Å². The summed E-state index contributed by atoms with van der Waals surface area (Å²) in [6.45, 7) is 5.93. The van der Waals surface area contributed by atoms with E-state index in [4.69, 9.17) is 17.3 Å². The van der Waals surface area contributed by atoms with Crippen LogP contribution < -0.4 is 5.73 Å². The zero-order chi connectivity index (χ0) is 13.9. The first-order valence-electron chi connectivity index (χ1n) is 5.81. The minimum absolute atomic E-state index is 0.204. The van der Waals surface area contributed by atoms with Gasteiger partial charge in [-0.3, -0.25) is 4.79 Å². The van der Waals surface area contributed by atoms with Crippen molar-refractivity contribution in [2.24, 2.45) is 0 Å². The molecule has 0 saturated carbocycles. The molecule has 4 nitrogen and oxygen atoms in total. The predicted octanol–water partition coefficient (Wildman–Crippen LogP) is 2.16. The first-order chi connectivity index (χ1) is 8.24. The third-order valence-corrected chi connectivity index (χ3v) is 2.78. The topological polar surface area (TPSA) is 66.6 Å². The molecule has 1 amide bonds. The summed E-state index contributed by atoms with van der Waals surface area (Å²) in [5.41, 5.74) is 5.57. The molecule has 5 heteroatoms. The highest BCUT2D eigenvalue weighted by Crippen LogP contribution is 2.21. The number of carbonyl (C=O) groups excluding carboxylic acids is 1. The molecule has 0 bridgehead atoms. The third-order valence-electron chi connectivity index (χ3n) is 2.47. The summed E-state index contributed by atoms with van der Waals surface area (Å²) in [6, 6.07) is 4.79. The van der Waals surface area contributed by atoms with Crippen LogP contribution in [-0.4, -0.2) is 34.6 Å². The van der Waals surface area contributed by atoms with Crippen LogP contribution in [0.1, 0.15) is 31.1 Å². The van der Waals surface area contributed by atoms with Crippen molar-refractivity contribution in [3.63, 3.8) is 0 Å². The predicted molar refractivity (Wildman–Crippen MR) is 73.7 cm³/mol. The Morgan fingerprint density at radius 3 is 2.56 bits per heavy atom. The average molecular weight is 271 g/mol. The lowest BCUT2D eigenvalue weighted by atomic mass is 10.1. The number of nitrogen functional groups attached to an aromatic ring is 1. The number of nitrogens with two attached hydrogens (primary N) is 1. The number of aliphatic hydroxyl groups is 1. The van der Waals surface area contributed by atoms with E-state index in [2.05, 4.69) is 0 Å². The van der Waals surface area contributed by atoms with Crippen molar-refractivity contribution in [3.05, 3.63) is 28.8 Å². The zero-order valence-electron chi connectivity index (χ0n) is 10.9. The number of rotatable bonds is 4. The molecular weight excluding hydrogens is 252 g/mol. The number of hydrogen-bond donors (Lipinski definition) is 2. The summed E-state index contributed by atoms with van der Waals surface area (Å²) in [5.74, 6) is -0.204. The van der Waals surface area contributed by atoms with Crippen molar-refractivity contribution in [2.45, 2.75) is 26.4 Å². The van der Waals surface area contributed by atoms with E-state index in [9.17, 15) is 9.90 Å². The fourth-order valence-electron chi connectivity index (χ4n) is 1.67. The molecule has 100 valence electrons. The second-order valence-corrected chi connectivity index (χ2v) is 5.28. The molecule has 3 N–H and O–H groups in total. The molecule has 0 radical (unpaired) electrons. The van der Waals surface area contributed by atoms with E-state index < -0.39 is 5.60 Å². The van der Waals surface area contributed by atoms with Crippen molar-refractivity contribution in [3.8, 4) is 0 Å². The van der Waals surface area contributed by atoms with Crippen molar-refractivity contribution >= 4 is 23.2 Å². The number of halogens is 1. The number of carbonyl (C=O) groups is 1. The van der Waals surface area contributed by atoms with Gasteiger partial charge < -0.3 is 15.7 Å². The monoisotopic (exact) mass is 270 g/mol. The Balaban J connectivity index is 2.97. The second-order valence-electron chi connectivity index (χ2n) is 4.87. The smallest absolute Gasteiger partial charge is 0.255 e. The van der Waals surface area contributed by atoms with Gasteiger partial charge in [0.05, 0.1) is 16.2 Å². The molecular formula is C13H19ClN2O2. The van der Waals surface area contributed by atoms with Crippen molar-refractivity contribution < 1.29 is 9.90 Å². The number of hydrogen-bond acceptors (Lipinski definition) is 3. The molecule has 1 rings (SSSR count). The molecule has 0 atom stereocenters. The van der Waals surface area contributed by atoms with Gasteiger partial charge >= 0.3 is 0 Å². The Kier molecular flexibility index (Phi) is 4.59. The Labute approximate surface area is 112 Å². The van der Waals surface area contributed by atoms with Gasteiger partial charge in [-0.2, -0.15) is 0 Å². The van der Waals surface area contributed by atoms with Gasteiger partial charge in [-0.05, 0) is 39.0 Å². The highest BCUT2D eigenvalue weighted by Gasteiger charge is 2.23. The van der Waals surface area contributed by atoms with E-state index in [0.29, 0.717) is 22.8 Å². The molecule has 1 aromatic rings. The van der Waals surface area contributed by atoms with Crippen molar-refractivity contribution in [2.75, 3.05) is 18.8 Å². The van der Waals surface area contributed by atoms with Crippen LogP contribution in [0.15, 0.2) is 18.2 Å². The number of benzene rings is 1. The second kappa shape index (κ2) is 5.59. The van der Waals surface area contributed by atoms with E-state index in [-0.39, 0.29) is 12.5 Å². The molecule has 0 unspecified atom stereocenters. The molecule has 0 heterocycles. The quantitative estimate of drug-likeness (QED) is 0.824. The van der Waals surface area contributed by atoms with E-state index in [1.165, 1.54) is 0 Å². The summed E-state index contributed by atoms with van der Waals surface area (Å²) in [6.07, 6.45) is 0. The number of likely N-dealkylation sites (N-methyl/N-ethyl adjacent to an activating group) is 1. The minimum Gasteiger partial charge on any atom is -0.399 e. The van der Waals surface area contributed by atoms with Crippen LogP contribution in [0.25, 0.3) is 0 Å². The van der Waals surface area contributed by atoms with Gasteiger partial charge in [0, 0.05) is 18.8 Å². The maximum atomic E-state index is 12.3. The van der Waals surface area contributed by atoms with Crippen LogP contribution in [-0.2, 0) is 0 Å². The van der Waals surface area contributed by atoms with Gasteiger partial charge in [-0.25, -0.2) is 0 Å². The Morgan fingerprint density at radius 2 is 2.11 bits per heavy atom. The van der Waals surface area contributed by atoms with Gasteiger partial charge in [0.1, 0.15) is 0 Å². The lowest BCUT2D eigenvalue weighted by molar-refractivity contribution is 0.0315. The van der Waals surface area contributed by atoms with Crippen LogP contribution >= 0.6 is 11.6 Å². The van der Waals surface area contributed by atoms with Gasteiger partial charge in [0.25, 0.3) is 5.91 Å². The minimum atomic E-state index is -0.939. The van der Waals surface area contributed by atoms with Crippen molar-refractivity contribution in [1.29, 1.82) is 0 Å². The highest BCUT2D eigenvalue weighted by molar-refractivity contribution is 6.34. The maximum absolute atomic E-state index is 12.3. The Hall–Kier alpha value is -1.26. The fraction of sp³-hybridized carbons (Fsp3) is 0.462. The number of nitrogens with zero attached hydrogens (tertiary/aromatic N) is 1. The normalized spacial score (nSPS) is 11.4. The van der Waals surface area contributed by atoms with Crippen LogP contribution in [0, 0.1) is 0 Å². The molecule has 0 aliphatic carbocycles.